The summed E-state index contributed by atoms with van der Waals surface area (Å²) < 4.78 is 5.33. The van der Waals surface area contributed by atoms with Crippen LogP contribution in [-0.4, -0.2) is 54.5 Å². The van der Waals surface area contributed by atoms with Gasteiger partial charge in [-0.3, -0.25) is 24.6 Å². The average Bonchev–Trinajstić information content (AvgIpc) is 3.31. The Morgan fingerprint density at radius 2 is 1.97 bits per heavy atom. The van der Waals surface area contributed by atoms with Gasteiger partial charge in [0.2, 0.25) is 11.8 Å². The fourth-order valence-corrected chi connectivity index (χ4v) is 4.90. The molecule has 2 N–H and O–H groups in total. The van der Waals surface area contributed by atoms with Crippen molar-refractivity contribution in [2.75, 3.05) is 23.9 Å². The topological polar surface area (TPSA) is 108 Å². The van der Waals surface area contributed by atoms with E-state index in [-0.39, 0.29) is 36.9 Å². The number of hydrogen-bond donors (Lipinski definition) is 2. The number of benzene rings is 2. The van der Waals surface area contributed by atoms with Crippen LogP contribution in [0.4, 0.5) is 16.2 Å². The van der Waals surface area contributed by atoms with Crippen molar-refractivity contribution in [3.8, 4) is 0 Å². The van der Waals surface area contributed by atoms with Crippen LogP contribution < -0.4 is 15.5 Å². The minimum atomic E-state index is -0.670. The molecule has 0 bridgehead atoms. The lowest BCUT2D eigenvalue weighted by molar-refractivity contribution is -0.136. The van der Waals surface area contributed by atoms with Crippen LogP contribution in [0.3, 0.4) is 0 Å². The van der Waals surface area contributed by atoms with E-state index in [4.69, 9.17) is 4.74 Å². The van der Waals surface area contributed by atoms with Crippen molar-refractivity contribution in [3.05, 3.63) is 59.2 Å². The van der Waals surface area contributed by atoms with Crippen molar-refractivity contribution < 1.29 is 23.9 Å². The summed E-state index contributed by atoms with van der Waals surface area (Å²) in [7, 11) is 1.62. The van der Waals surface area contributed by atoms with Gasteiger partial charge in [-0.2, -0.15) is 0 Å². The van der Waals surface area contributed by atoms with E-state index in [0.717, 1.165) is 23.2 Å². The molecular formula is C24H24N4O5. The molecule has 9 nitrogen and oxygen atoms in total. The molecule has 2 aromatic rings. The Bertz CT molecular complexity index is 1160. The third-order valence-corrected chi connectivity index (χ3v) is 6.42. The molecule has 1 fully saturated rings. The largest absolute Gasteiger partial charge is 0.383 e. The highest BCUT2D eigenvalue weighted by atomic mass is 16.5. The highest BCUT2D eigenvalue weighted by molar-refractivity contribution is 6.07. The molecule has 1 saturated heterocycles. The summed E-state index contributed by atoms with van der Waals surface area (Å²) in [6, 6.07) is 11.9. The third kappa shape index (κ3) is 3.74. The molecule has 5 amide bonds. The summed E-state index contributed by atoms with van der Waals surface area (Å²) in [5.41, 5.74) is 3.75. The monoisotopic (exact) mass is 448 g/mol. The van der Waals surface area contributed by atoms with E-state index in [0.29, 0.717) is 24.3 Å². The number of hydrogen-bond acceptors (Lipinski definition) is 5. The van der Waals surface area contributed by atoms with Gasteiger partial charge in [-0.1, -0.05) is 18.2 Å². The molecule has 0 spiro atoms. The summed E-state index contributed by atoms with van der Waals surface area (Å²) in [6.45, 7) is 0.671. The highest BCUT2D eigenvalue weighted by Crippen LogP contribution is 2.34. The number of amides is 5. The van der Waals surface area contributed by atoms with Crippen molar-refractivity contribution in [1.82, 2.24) is 10.2 Å². The molecular weight excluding hydrogens is 424 g/mol. The number of para-hydroxylation sites is 1. The van der Waals surface area contributed by atoms with Crippen LogP contribution >= 0.6 is 0 Å². The quantitative estimate of drug-likeness (QED) is 0.696. The van der Waals surface area contributed by atoms with Crippen LogP contribution in [-0.2, 0) is 27.3 Å². The maximum absolute atomic E-state index is 13.2. The van der Waals surface area contributed by atoms with Gasteiger partial charge in [-0.25, -0.2) is 4.79 Å². The zero-order valence-corrected chi connectivity index (χ0v) is 18.2. The predicted molar refractivity (Wildman–Crippen MR) is 120 cm³/mol. The molecule has 0 aliphatic carbocycles. The Kier molecular flexibility index (Phi) is 5.33. The molecule has 3 heterocycles. The number of fused-ring (bicyclic) bond motifs is 2. The predicted octanol–water partition coefficient (Wildman–Crippen LogP) is 2.06. The van der Waals surface area contributed by atoms with Crippen LogP contribution in [0.25, 0.3) is 0 Å². The first-order chi connectivity index (χ1) is 16.0. The smallest absolute Gasteiger partial charge is 0.326 e. The zero-order chi connectivity index (χ0) is 23.1. The number of imide groups is 1. The van der Waals surface area contributed by atoms with E-state index >= 15 is 0 Å². The van der Waals surface area contributed by atoms with E-state index < -0.39 is 11.9 Å². The maximum Gasteiger partial charge on any atom is 0.326 e. The van der Waals surface area contributed by atoms with Gasteiger partial charge in [-0.05, 0) is 48.2 Å². The minimum absolute atomic E-state index is 0.105. The molecule has 5 rings (SSSR count). The second kappa shape index (κ2) is 8.32. The molecule has 170 valence electrons. The van der Waals surface area contributed by atoms with Gasteiger partial charge in [0, 0.05) is 37.0 Å². The number of urea groups is 1. The Hall–Kier alpha value is -3.72. The number of anilines is 2. The summed E-state index contributed by atoms with van der Waals surface area (Å²) in [6.07, 6.45) is 1.23. The number of ether oxygens (including phenoxy) is 1. The molecule has 33 heavy (non-hydrogen) atoms. The summed E-state index contributed by atoms with van der Waals surface area (Å²) in [5, 5.41) is 5.24. The van der Waals surface area contributed by atoms with Crippen molar-refractivity contribution >= 4 is 35.1 Å². The van der Waals surface area contributed by atoms with Crippen LogP contribution in [0, 0.1) is 0 Å². The first-order valence-corrected chi connectivity index (χ1v) is 10.9. The van der Waals surface area contributed by atoms with Crippen LogP contribution in [0.1, 0.15) is 34.3 Å². The Balaban J connectivity index is 1.34. The van der Waals surface area contributed by atoms with Crippen molar-refractivity contribution in [3.63, 3.8) is 0 Å². The van der Waals surface area contributed by atoms with E-state index in [2.05, 4.69) is 10.6 Å². The second-order valence-electron chi connectivity index (χ2n) is 8.51. The van der Waals surface area contributed by atoms with Gasteiger partial charge in [-0.15, -0.1) is 0 Å². The second-order valence-corrected chi connectivity index (χ2v) is 8.51. The van der Waals surface area contributed by atoms with Crippen molar-refractivity contribution in [2.45, 2.75) is 37.9 Å². The van der Waals surface area contributed by atoms with Gasteiger partial charge in [0.25, 0.3) is 5.91 Å². The normalized spacial score (nSPS) is 21.7. The fraction of sp³-hybridized carbons (Fsp3) is 0.333. The molecule has 2 atom stereocenters. The van der Waals surface area contributed by atoms with E-state index in [1.807, 2.05) is 24.3 Å². The Labute approximate surface area is 190 Å². The molecule has 9 heteroatoms. The van der Waals surface area contributed by atoms with Gasteiger partial charge < -0.3 is 15.0 Å². The lowest BCUT2D eigenvalue weighted by Gasteiger charge is -2.29. The van der Waals surface area contributed by atoms with E-state index in [1.54, 1.807) is 30.2 Å². The number of carbonyl (C=O) groups excluding carboxylic acids is 4. The average molecular weight is 448 g/mol. The number of methoxy groups -OCH3 is 1. The lowest BCUT2D eigenvalue weighted by atomic mass is 10.0. The highest BCUT2D eigenvalue weighted by Gasteiger charge is 2.39. The maximum atomic E-state index is 13.2. The molecule has 0 radical (unpaired) electrons. The van der Waals surface area contributed by atoms with E-state index in [1.165, 1.54) is 4.90 Å². The summed E-state index contributed by atoms with van der Waals surface area (Å²) in [5.74, 6) is -1.01. The fourth-order valence-electron chi connectivity index (χ4n) is 4.90. The number of rotatable bonds is 4. The van der Waals surface area contributed by atoms with Gasteiger partial charge >= 0.3 is 6.03 Å². The molecule has 0 aromatic heterocycles. The van der Waals surface area contributed by atoms with E-state index in [9.17, 15) is 19.2 Å². The summed E-state index contributed by atoms with van der Waals surface area (Å²) >= 11 is 0. The number of nitrogens with zero attached hydrogens (tertiary/aromatic N) is 2. The number of nitrogens with one attached hydrogen (secondary N) is 2. The zero-order valence-electron chi connectivity index (χ0n) is 18.2. The van der Waals surface area contributed by atoms with Gasteiger partial charge in [0.05, 0.1) is 12.6 Å². The molecule has 2 aromatic carbocycles. The van der Waals surface area contributed by atoms with Gasteiger partial charge in [0.1, 0.15) is 6.04 Å². The molecule has 3 aliphatic heterocycles. The Morgan fingerprint density at radius 1 is 1.15 bits per heavy atom. The molecule has 3 aliphatic rings. The number of carbonyl (C=O) groups is 4. The molecule has 1 unspecified atom stereocenters. The Morgan fingerprint density at radius 3 is 2.76 bits per heavy atom. The summed E-state index contributed by atoms with van der Waals surface area (Å²) in [4.78, 5) is 53.0. The SMILES string of the molecule is COC[C@@H]1Cc2ccccc2N1C(=O)Nc1ccc2c(c1)CN(C1CCC(=O)NC1=O)C2=O. The third-order valence-electron chi connectivity index (χ3n) is 6.42. The number of piperidine rings is 1. The van der Waals surface area contributed by atoms with Crippen LogP contribution in [0.2, 0.25) is 0 Å². The van der Waals surface area contributed by atoms with Gasteiger partial charge in [0.15, 0.2) is 0 Å². The van der Waals surface area contributed by atoms with Crippen LogP contribution in [0.15, 0.2) is 42.5 Å². The standard InChI is InChI=1S/C24H24N4O5/c1-33-13-17-11-14-4-2-3-5-19(14)28(17)24(32)25-16-6-7-18-15(10-16)12-27(23(18)31)20-8-9-21(29)26-22(20)30/h2-7,10,17,20H,8-9,11-13H2,1H3,(H,25,32)(H,26,29,30)/t17-,20?/m0/s1. The molecule has 0 saturated carbocycles. The van der Waals surface area contributed by atoms with Crippen molar-refractivity contribution in [1.29, 1.82) is 0 Å². The van der Waals surface area contributed by atoms with Crippen LogP contribution in [0.5, 0.6) is 0 Å². The van der Waals surface area contributed by atoms with Crippen molar-refractivity contribution in [2.24, 2.45) is 0 Å². The first-order valence-electron chi connectivity index (χ1n) is 10.9. The minimum Gasteiger partial charge on any atom is -0.383 e. The first kappa shape index (κ1) is 21.1. The lowest BCUT2D eigenvalue weighted by Crippen LogP contribution is -2.52.